The van der Waals surface area contributed by atoms with Crippen LogP contribution in [0, 0.1) is 16.7 Å². The van der Waals surface area contributed by atoms with Crippen molar-refractivity contribution in [2.75, 3.05) is 7.11 Å². The third-order valence-corrected chi connectivity index (χ3v) is 6.92. The second kappa shape index (κ2) is 7.13. The van der Waals surface area contributed by atoms with E-state index in [-0.39, 0.29) is 11.5 Å². The predicted molar refractivity (Wildman–Crippen MR) is 97.8 cm³/mol. The van der Waals surface area contributed by atoms with Crippen molar-refractivity contribution in [3.63, 3.8) is 0 Å². The van der Waals surface area contributed by atoms with E-state index in [9.17, 15) is 9.90 Å². The third kappa shape index (κ3) is 3.01. The van der Waals surface area contributed by atoms with E-state index >= 15 is 0 Å². The summed E-state index contributed by atoms with van der Waals surface area (Å²) in [5.41, 5.74) is 1.68. The van der Waals surface area contributed by atoms with Crippen LogP contribution in [0.3, 0.4) is 0 Å². The SMILES string of the molecule is C=C[C@](C)(C[C@@H](OC)[C@]1(C)C2=C(CCC2=O)CC[C@H]1C)[C@@H](O)CC. The number of ketones is 1. The Morgan fingerprint density at radius 1 is 1.46 bits per heavy atom. The molecular weight excluding hydrogens is 300 g/mol. The van der Waals surface area contributed by atoms with Gasteiger partial charge in [-0.15, -0.1) is 6.58 Å². The summed E-state index contributed by atoms with van der Waals surface area (Å²) in [6.07, 6.45) is 6.37. The molecule has 2 aliphatic rings. The smallest absolute Gasteiger partial charge is 0.159 e. The number of hydrogen-bond acceptors (Lipinski definition) is 3. The number of Topliss-reactive ketones (excluding diaryl/α,β-unsaturated/α-hetero) is 1. The van der Waals surface area contributed by atoms with Crippen LogP contribution in [0.1, 0.15) is 66.2 Å². The summed E-state index contributed by atoms with van der Waals surface area (Å²) in [6.45, 7) is 12.4. The molecule has 2 rings (SSSR count). The molecular formula is C21H34O3. The van der Waals surface area contributed by atoms with Gasteiger partial charge in [-0.3, -0.25) is 4.79 Å². The van der Waals surface area contributed by atoms with Crippen LogP contribution >= 0.6 is 0 Å². The number of aliphatic hydroxyl groups excluding tert-OH is 1. The molecule has 0 aliphatic heterocycles. The summed E-state index contributed by atoms with van der Waals surface area (Å²) in [6, 6.07) is 0. The molecule has 3 heteroatoms. The molecule has 0 aromatic rings. The zero-order valence-electron chi connectivity index (χ0n) is 16.0. The number of hydrogen-bond donors (Lipinski definition) is 1. The zero-order valence-corrected chi connectivity index (χ0v) is 16.0. The van der Waals surface area contributed by atoms with Gasteiger partial charge < -0.3 is 9.84 Å². The van der Waals surface area contributed by atoms with E-state index in [1.807, 2.05) is 19.9 Å². The molecule has 0 radical (unpaired) electrons. The average Bonchev–Trinajstić information content (AvgIpc) is 2.97. The van der Waals surface area contributed by atoms with Crippen LogP contribution in [0.25, 0.3) is 0 Å². The zero-order chi connectivity index (χ0) is 18.1. The molecule has 24 heavy (non-hydrogen) atoms. The number of allylic oxidation sites excluding steroid dienone is 1. The Morgan fingerprint density at radius 3 is 2.67 bits per heavy atom. The first-order chi connectivity index (χ1) is 11.2. The number of carbonyl (C=O) groups excluding carboxylic acids is 1. The lowest BCUT2D eigenvalue weighted by Crippen LogP contribution is -2.48. The quantitative estimate of drug-likeness (QED) is 0.700. The van der Waals surface area contributed by atoms with Crippen LogP contribution in [-0.2, 0) is 9.53 Å². The van der Waals surface area contributed by atoms with Gasteiger partial charge >= 0.3 is 0 Å². The minimum atomic E-state index is -0.456. The highest BCUT2D eigenvalue weighted by Gasteiger charge is 2.51. The molecule has 0 bridgehead atoms. The van der Waals surface area contributed by atoms with Crippen LogP contribution in [0.15, 0.2) is 23.8 Å². The van der Waals surface area contributed by atoms with E-state index in [1.54, 1.807) is 7.11 Å². The van der Waals surface area contributed by atoms with Gasteiger partial charge in [-0.25, -0.2) is 0 Å². The van der Waals surface area contributed by atoms with Gasteiger partial charge in [0.15, 0.2) is 5.78 Å². The first kappa shape index (κ1) is 19.4. The molecule has 1 N–H and O–H groups in total. The highest BCUT2D eigenvalue weighted by atomic mass is 16.5. The van der Waals surface area contributed by atoms with Gasteiger partial charge in [0.2, 0.25) is 0 Å². The molecule has 0 saturated heterocycles. The molecule has 3 nitrogen and oxygen atoms in total. The number of methoxy groups -OCH3 is 1. The molecule has 5 atom stereocenters. The van der Waals surface area contributed by atoms with Crippen molar-refractivity contribution in [2.24, 2.45) is 16.7 Å². The standard InChI is InChI=1S/C21H34O3/c1-7-17(23)20(4,8-2)13-18(24-6)21(5)14(3)9-10-15-11-12-16(22)19(15)21/h8,14,17-18,23H,2,7,9-13H2,1,3-6H3/t14-,17+,18-,20-,21-/m1/s1. The Balaban J connectivity index is 2.42. The largest absolute Gasteiger partial charge is 0.392 e. The summed E-state index contributed by atoms with van der Waals surface area (Å²) < 4.78 is 5.97. The van der Waals surface area contributed by atoms with Crippen molar-refractivity contribution in [1.29, 1.82) is 0 Å². The van der Waals surface area contributed by atoms with Gasteiger partial charge in [-0.1, -0.05) is 39.3 Å². The van der Waals surface area contributed by atoms with Gasteiger partial charge in [-0.2, -0.15) is 0 Å². The molecule has 0 aromatic carbocycles. The number of ether oxygens (including phenoxy) is 1. The van der Waals surface area contributed by atoms with Crippen LogP contribution in [0.2, 0.25) is 0 Å². The van der Waals surface area contributed by atoms with E-state index in [4.69, 9.17) is 4.74 Å². The van der Waals surface area contributed by atoms with Crippen LogP contribution in [0.5, 0.6) is 0 Å². The van der Waals surface area contributed by atoms with Gasteiger partial charge in [0.1, 0.15) is 0 Å². The van der Waals surface area contributed by atoms with Crippen LogP contribution in [0.4, 0.5) is 0 Å². The second-order valence-corrected chi connectivity index (χ2v) is 8.19. The molecule has 0 saturated carbocycles. The molecule has 0 fully saturated rings. The minimum absolute atomic E-state index is 0.107. The summed E-state index contributed by atoms with van der Waals surface area (Å²) in [5.74, 6) is 0.688. The molecule has 0 unspecified atom stereocenters. The Bertz CT molecular complexity index is 535. The topological polar surface area (TPSA) is 46.5 Å². The molecule has 0 amide bonds. The highest BCUT2D eigenvalue weighted by molar-refractivity contribution is 6.00. The van der Waals surface area contributed by atoms with Gasteiger partial charge in [0.05, 0.1) is 12.2 Å². The van der Waals surface area contributed by atoms with Crippen molar-refractivity contribution in [3.05, 3.63) is 23.8 Å². The van der Waals surface area contributed by atoms with Crippen molar-refractivity contribution in [3.8, 4) is 0 Å². The lowest BCUT2D eigenvalue weighted by Gasteiger charge is -2.48. The fraction of sp³-hybridized carbons (Fsp3) is 0.762. The molecule has 2 aliphatic carbocycles. The predicted octanol–water partition coefficient (Wildman–Crippen LogP) is 4.45. The van der Waals surface area contributed by atoms with Gasteiger partial charge in [0.25, 0.3) is 0 Å². The van der Waals surface area contributed by atoms with E-state index in [0.717, 1.165) is 24.8 Å². The van der Waals surface area contributed by atoms with Crippen LogP contribution < -0.4 is 0 Å². The van der Waals surface area contributed by atoms with Crippen molar-refractivity contribution in [1.82, 2.24) is 0 Å². The summed E-state index contributed by atoms with van der Waals surface area (Å²) in [4.78, 5) is 12.6. The molecule has 136 valence electrons. The summed E-state index contributed by atoms with van der Waals surface area (Å²) >= 11 is 0. The van der Waals surface area contributed by atoms with Crippen molar-refractivity contribution < 1.29 is 14.6 Å². The minimum Gasteiger partial charge on any atom is -0.392 e. The van der Waals surface area contributed by atoms with Crippen molar-refractivity contribution in [2.45, 2.75) is 78.4 Å². The Hall–Kier alpha value is -0.930. The number of rotatable bonds is 7. The van der Waals surface area contributed by atoms with E-state index in [2.05, 4.69) is 20.4 Å². The fourth-order valence-electron chi connectivity index (χ4n) is 4.82. The lowest BCUT2D eigenvalue weighted by molar-refractivity contribution is -0.119. The summed E-state index contributed by atoms with van der Waals surface area (Å²) in [7, 11) is 1.73. The fourth-order valence-corrected chi connectivity index (χ4v) is 4.82. The van der Waals surface area contributed by atoms with Gasteiger partial charge in [0, 0.05) is 29.9 Å². The lowest BCUT2D eigenvalue weighted by atomic mass is 9.59. The van der Waals surface area contributed by atoms with Crippen LogP contribution in [-0.4, -0.2) is 30.2 Å². The van der Waals surface area contributed by atoms with E-state index in [0.29, 0.717) is 31.0 Å². The first-order valence-corrected chi connectivity index (χ1v) is 9.34. The average molecular weight is 334 g/mol. The Kier molecular flexibility index (Phi) is 5.76. The normalized spacial score (nSPS) is 32.2. The monoisotopic (exact) mass is 334 g/mol. The number of carbonyl (C=O) groups is 1. The maximum Gasteiger partial charge on any atom is 0.159 e. The maximum atomic E-state index is 12.6. The Labute approximate surface area is 147 Å². The van der Waals surface area contributed by atoms with E-state index in [1.165, 1.54) is 5.57 Å². The van der Waals surface area contributed by atoms with Gasteiger partial charge in [-0.05, 0) is 38.0 Å². The highest BCUT2D eigenvalue weighted by Crippen LogP contribution is 2.54. The molecule has 0 aromatic heterocycles. The molecule has 0 spiro atoms. The second-order valence-electron chi connectivity index (χ2n) is 8.19. The third-order valence-electron chi connectivity index (χ3n) is 6.92. The Morgan fingerprint density at radius 2 is 2.12 bits per heavy atom. The molecule has 0 heterocycles. The summed E-state index contributed by atoms with van der Waals surface area (Å²) in [5, 5.41) is 10.5. The maximum absolute atomic E-state index is 12.6. The number of aliphatic hydroxyl groups is 1. The van der Waals surface area contributed by atoms with Crippen molar-refractivity contribution >= 4 is 5.78 Å². The first-order valence-electron chi connectivity index (χ1n) is 9.34. The van der Waals surface area contributed by atoms with E-state index < -0.39 is 11.5 Å².